The number of rotatable bonds is 4. The molecule has 0 aliphatic rings. The average Bonchev–Trinajstić information content (AvgIpc) is 2.92. The number of carbonyl (C=O) groups is 1. The fourth-order valence-corrected chi connectivity index (χ4v) is 1.33. The Labute approximate surface area is 104 Å². The number of hydrazone groups is 1. The van der Waals surface area contributed by atoms with Crippen molar-refractivity contribution in [2.75, 3.05) is 7.11 Å². The van der Waals surface area contributed by atoms with Gasteiger partial charge in [0, 0.05) is 5.56 Å². The zero-order valence-corrected chi connectivity index (χ0v) is 9.79. The summed E-state index contributed by atoms with van der Waals surface area (Å²) >= 11 is 0. The Kier molecular flexibility index (Phi) is 3.76. The topological polar surface area (TPSA) is 63.8 Å². The van der Waals surface area contributed by atoms with Crippen molar-refractivity contribution in [1.29, 1.82) is 0 Å². The normalized spacial score (nSPS) is 10.5. The molecule has 0 unspecified atom stereocenters. The highest BCUT2D eigenvalue weighted by molar-refractivity contribution is 5.94. The molecule has 18 heavy (non-hydrogen) atoms. The molecule has 92 valence electrons. The SMILES string of the molecule is COc1ccc(C(=O)N/N=C/c2ccco2)cc1. The Hall–Kier alpha value is -2.56. The molecule has 5 nitrogen and oxygen atoms in total. The highest BCUT2D eigenvalue weighted by Crippen LogP contribution is 2.10. The van der Waals surface area contributed by atoms with E-state index in [-0.39, 0.29) is 5.91 Å². The van der Waals surface area contributed by atoms with E-state index in [4.69, 9.17) is 9.15 Å². The predicted molar refractivity (Wildman–Crippen MR) is 66.8 cm³/mol. The average molecular weight is 244 g/mol. The fraction of sp³-hybridized carbons (Fsp3) is 0.0769. The second kappa shape index (κ2) is 5.67. The maximum atomic E-state index is 11.7. The molecule has 0 spiro atoms. The van der Waals surface area contributed by atoms with Gasteiger partial charge in [-0.3, -0.25) is 4.79 Å². The Morgan fingerprint density at radius 1 is 1.33 bits per heavy atom. The standard InChI is InChI=1S/C13H12N2O3/c1-17-11-6-4-10(5-7-11)13(16)15-14-9-12-3-2-8-18-12/h2-9H,1H3,(H,15,16)/b14-9+. The number of amides is 1. The zero-order valence-electron chi connectivity index (χ0n) is 9.79. The first-order chi connectivity index (χ1) is 8.79. The summed E-state index contributed by atoms with van der Waals surface area (Å²) in [4.78, 5) is 11.7. The lowest BCUT2D eigenvalue weighted by Crippen LogP contribution is -2.17. The second-order valence-electron chi connectivity index (χ2n) is 3.44. The number of methoxy groups -OCH3 is 1. The highest BCUT2D eigenvalue weighted by Gasteiger charge is 2.03. The van der Waals surface area contributed by atoms with Crippen molar-refractivity contribution in [3.8, 4) is 5.75 Å². The van der Waals surface area contributed by atoms with Crippen LogP contribution in [-0.2, 0) is 0 Å². The van der Waals surface area contributed by atoms with E-state index in [0.717, 1.165) is 0 Å². The van der Waals surface area contributed by atoms with E-state index in [9.17, 15) is 4.79 Å². The third kappa shape index (κ3) is 2.98. The molecule has 0 aliphatic heterocycles. The molecule has 0 radical (unpaired) electrons. The lowest BCUT2D eigenvalue weighted by molar-refractivity contribution is 0.0955. The van der Waals surface area contributed by atoms with Crippen molar-refractivity contribution in [2.24, 2.45) is 5.10 Å². The van der Waals surface area contributed by atoms with E-state index in [0.29, 0.717) is 17.1 Å². The summed E-state index contributed by atoms with van der Waals surface area (Å²) in [6, 6.07) is 10.2. The lowest BCUT2D eigenvalue weighted by atomic mass is 10.2. The third-order valence-electron chi connectivity index (χ3n) is 2.25. The van der Waals surface area contributed by atoms with Crippen molar-refractivity contribution in [3.05, 3.63) is 54.0 Å². The van der Waals surface area contributed by atoms with Gasteiger partial charge in [0.05, 0.1) is 19.6 Å². The van der Waals surface area contributed by atoms with Crippen LogP contribution >= 0.6 is 0 Å². The van der Waals surface area contributed by atoms with Gasteiger partial charge < -0.3 is 9.15 Å². The van der Waals surface area contributed by atoms with Crippen LogP contribution in [0.2, 0.25) is 0 Å². The molecule has 5 heteroatoms. The number of nitrogens with zero attached hydrogens (tertiary/aromatic N) is 1. The molecular formula is C13H12N2O3. The van der Waals surface area contributed by atoms with Gasteiger partial charge in [0.1, 0.15) is 11.5 Å². The van der Waals surface area contributed by atoms with Crippen LogP contribution in [0, 0.1) is 0 Å². The lowest BCUT2D eigenvalue weighted by Gasteiger charge is -2.01. The Balaban J connectivity index is 1.95. The molecule has 2 aromatic rings. The van der Waals surface area contributed by atoms with Gasteiger partial charge in [0.15, 0.2) is 0 Å². The largest absolute Gasteiger partial charge is 0.497 e. The van der Waals surface area contributed by atoms with Crippen molar-refractivity contribution < 1.29 is 13.9 Å². The Morgan fingerprint density at radius 2 is 2.11 bits per heavy atom. The molecule has 2 rings (SSSR count). The summed E-state index contributed by atoms with van der Waals surface area (Å²) in [7, 11) is 1.57. The quantitative estimate of drug-likeness (QED) is 0.661. The van der Waals surface area contributed by atoms with Crippen molar-refractivity contribution >= 4 is 12.1 Å². The smallest absolute Gasteiger partial charge is 0.271 e. The molecular weight excluding hydrogens is 232 g/mol. The molecule has 0 saturated carbocycles. The summed E-state index contributed by atoms with van der Waals surface area (Å²) in [5, 5.41) is 3.78. The highest BCUT2D eigenvalue weighted by atomic mass is 16.5. The van der Waals surface area contributed by atoms with Crippen LogP contribution in [-0.4, -0.2) is 19.2 Å². The molecule has 1 N–H and O–H groups in total. The third-order valence-corrected chi connectivity index (χ3v) is 2.25. The van der Waals surface area contributed by atoms with E-state index in [1.54, 1.807) is 43.5 Å². The first kappa shape index (κ1) is 11.9. The minimum atomic E-state index is -0.291. The van der Waals surface area contributed by atoms with Crippen LogP contribution in [0.25, 0.3) is 0 Å². The molecule has 0 saturated heterocycles. The molecule has 1 aromatic carbocycles. The minimum absolute atomic E-state index is 0.291. The second-order valence-corrected chi connectivity index (χ2v) is 3.44. The van der Waals surface area contributed by atoms with E-state index >= 15 is 0 Å². The number of benzene rings is 1. The van der Waals surface area contributed by atoms with Crippen molar-refractivity contribution in [2.45, 2.75) is 0 Å². The first-order valence-corrected chi connectivity index (χ1v) is 5.30. The van der Waals surface area contributed by atoms with E-state index in [1.807, 2.05) is 0 Å². The molecule has 0 bridgehead atoms. The van der Waals surface area contributed by atoms with Gasteiger partial charge in [0.25, 0.3) is 5.91 Å². The van der Waals surface area contributed by atoms with Crippen LogP contribution in [0.5, 0.6) is 5.75 Å². The maximum Gasteiger partial charge on any atom is 0.271 e. The molecule has 0 atom stereocenters. The van der Waals surface area contributed by atoms with E-state index in [1.165, 1.54) is 12.5 Å². The van der Waals surface area contributed by atoms with Crippen LogP contribution in [0.1, 0.15) is 16.1 Å². The van der Waals surface area contributed by atoms with Crippen LogP contribution in [0.15, 0.2) is 52.2 Å². The number of nitrogens with one attached hydrogen (secondary N) is 1. The van der Waals surface area contributed by atoms with Gasteiger partial charge in [-0.2, -0.15) is 5.10 Å². The van der Waals surface area contributed by atoms with Gasteiger partial charge in [-0.05, 0) is 36.4 Å². The van der Waals surface area contributed by atoms with Gasteiger partial charge in [0.2, 0.25) is 0 Å². The van der Waals surface area contributed by atoms with Crippen LogP contribution in [0.4, 0.5) is 0 Å². The predicted octanol–water partition coefficient (Wildman–Crippen LogP) is 2.05. The summed E-state index contributed by atoms with van der Waals surface area (Å²) in [5.74, 6) is 0.983. The first-order valence-electron chi connectivity index (χ1n) is 5.30. The van der Waals surface area contributed by atoms with Crippen LogP contribution < -0.4 is 10.2 Å². The van der Waals surface area contributed by atoms with Crippen molar-refractivity contribution in [3.63, 3.8) is 0 Å². The summed E-state index contributed by atoms with van der Waals surface area (Å²) in [6.07, 6.45) is 2.97. The van der Waals surface area contributed by atoms with Gasteiger partial charge >= 0.3 is 0 Å². The van der Waals surface area contributed by atoms with E-state index < -0.39 is 0 Å². The number of hydrogen-bond acceptors (Lipinski definition) is 4. The monoisotopic (exact) mass is 244 g/mol. The summed E-state index contributed by atoms with van der Waals surface area (Å²) in [6.45, 7) is 0. The molecule has 0 fully saturated rings. The summed E-state index contributed by atoms with van der Waals surface area (Å²) < 4.78 is 10.0. The van der Waals surface area contributed by atoms with Gasteiger partial charge in [-0.25, -0.2) is 5.43 Å². The zero-order chi connectivity index (χ0) is 12.8. The Morgan fingerprint density at radius 3 is 2.72 bits per heavy atom. The number of ether oxygens (including phenoxy) is 1. The van der Waals surface area contributed by atoms with E-state index in [2.05, 4.69) is 10.5 Å². The van der Waals surface area contributed by atoms with Gasteiger partial charge in [-0.1, -0.05) is 0 Å². The van der Waals surface area contributed by atoms with Crippen molar-refractivity contribution in [1.82, 2.24) is 5.43 Å². The number of carbonyl (C=O) groups excluding carboxylic acids is 1. The fourth-order valence-electron chi connectivity index (χ4n) is 1.33. The molecule has 1 amide bonds. The minimum Gasteiger partial charge on any atom is -0.497 e. The summed E-state index contributed by atoms with van der Waals surface area (Å²) in [5.41, 5.74) is 2.91. The molecule has 0 aliphatic carbocycles. The van der Waals surface area contributed by atoms with Gasteiger partial charge in [-0.15, -0.1) is 0 Å². The molecule has 1 heterocycles. The number of furan rings is 1. The number of hydrogen-bond donors (Lipinski definition) is 1. The Bertz CT molecular complexity index is 530. The molecule has 1 aromatic heterocycles. The van der Waals surface area contributed by atoms with Crippen LogP contribution in [0.3, 0.4) is 0 Å². The maximum absolute atomic E-state index is 11.7.